The van der Waals surface area contributed by atoms with Crippen LogP contribution in [0.15, 0.2) is 53.2 Å². The molecule has 0 fully saturated rings. The predicted octanol–water partition coefficient (Wildman–Crippen LogP) is 4.73. The molecule has 4 nitrogen and oxygen atoms in total. The van der Waals surface area contributed by atoms with E-state index in [0.29, 0.717) is 15.7 Å². The predicted molar refractivity (Wildman–Crippen MR) is 99.7 cm³/mol. The molecule has 25 heavy (non-hydrogen) atoms. The molecule has 0 bridgehead atoms. The van der Waals surface area contributed by atoms with Gasteiger partial charge in [-0.2, -0.15) is 0 Å². The topological polar surface area (TPSA) is 49.4 Å². The first kappa shape index (κ1) is 17.8. The molecule has 1 aliphatic heterocycles. The van der Waals surface area contributed by atoms with Crippen molar-refractivity contribution in [2.75, 3.05) is 5.32 Å². The van der Waals surface area contributed by atoms with Crippen molar-refractivity contribution < 1.29 is 9.59 Å². The number of hydrogen-bond donors (Lipinski definition) is 1. The zero-order chi connectivity index (χ0) is 18.1. The van der Waals surface area contributed by atoms with Gasteiger partial charge in [0.15, 0.2) is 0 Å². The van der Waals surface area contributed by atoms with Gasteiger partial charge >= 0.3 is 0 Å². The van der Waals surface area contributed by atoms with Gasteiger partial charge < -0.3 is 5.32 Å². The molecular weight excluding hydrogens is 383 g/mol. The van der Waals surface area contributed by atoms with E-state index in [0.717, 1.165) is 16.0 Å². The number of anilines is 1. The van der Waals surface area contributed by atoms with E-state index in [-0.39, 0.29) is 17.3 Å². The molecule has 7 heteroatoms. The summed E-state index contributed by atoms with van der Waals surface area (Å²) in [5.41, 5.74) is 2.31. The minimum atomic E-state index is -0.540. The van der Waals surface area contributed by atoms with E-state index in [4.69, 9.17) is 34.8 Å². The minimum Gasteiger partial charge on any atom is -0.350 e. The number of benzene rings is 2. The second kappa shape index (κ2) is 7.08. The Labute approximate surface area is 160 Å². The maximum Gasteiger partial charge on any atom is 0.279 e. The van der Waals surface area contributed by atoms with Crippen LogP contribution in [0, 0.1) is 6.92 Å². The van der Waals surface area contributed by atoms with Crippen LogP contribution in [0.4, 0.5) is 5.69 Å². The fourth-order valence-electron chi connectivity index (χ4n) is 2.39. The van der Waals surface area contributed by atoms with Gasteiger partial charge in [-0.1, -0.05) is 53.0 Å². The van der Waals surface area contributed by atoms with Gasteiger partial charge in [-0.3, -0.25) is 14.5 Å². The van der Waals surface area contributed by atoms with Gasteiger partial charge in [-0.05, 0) is 42.3 Å². The summed E-state index contributed by atoms with van der Waals surface area (Å²) in [5.74, 6) is -1.02. The summed E-state index contributed by atoms with van der Waals surface area (Å²) in [6, 6.07) is 12.1. The molecule has 1 heterocycles. The number of aryl methyl sites for hydroxylation is 1. The van der Waals surface area contributed by atoms with E-state index in [2.05, 4.69) is 5.32 Å². The summed E-state index contributed by atoms with van der Waals surface area (Å²) in [6.45, 7) is 1.99. The van der Waals surface area contributed by atoms with E-state index in [9.17, 15) is 9.59 Å². The summed E-state index contributed by atoms with van der Waals surface area (Å²) < 4.78 is 0. The number of carbonyl (C=O) groups is 2. The molecule has 0 aliphatic carbocycles. The molecule has 2 aromatic rings. The van der Waals surface area contributed by atoms with Gasteiger partial charge in [0.25, 0.3) is 11.8 Å². The van der Waals surface area contributed by atoms with Crippen LogP contribution in [-0.4, -0.2) is 16.7 Å². The second-order valence-electron chi connectivity index (χ2n) is 5.60. The van der Waals surface area contributed by atoms with Crippen LogP contribution in [0.5, 0.6) is 0 Å². The maximum absolute atomic E-state index is 12.6. The molecule has 0 unspecified atom stereocenters. The van der Waals surface area contributed by atoms with E-state index in [1.807, 2.05) is 13.0 Å². The van der Waals surface area contributed by atoms with Gasteiger partial charge in [0, 0.05) is 15.7 Å². The number of amides is 2. The lowest BCUT2D eigenvalue weighted by Crippen LogP contribution is -2.31. The Balaban J connectivity index is 1.81. The molecule has 0 radical (unpaired) electrons. The van der Waals surface area contributed by atoms with Crippen molar-refractivity contribution >= 4 is 52.3 Å². The van der Waals surface area contributed by atoms with Crippen LogP contribution in [0.25, 0.3) is 0 Å². The minimum absolute atomic E-state index is 0.0422. The standard InChI is InChI=1S/C18H13Cl3N2O2/c1-10-2-7-13(8-14(10)20)22-16-15(21)17(24)23(18(16)25)9-11-3-5-12(19)6-4-11/h2-8,22H,9H2,1H3. The first-order chi connectivity index (χ1) is 11.9. The SMILES string of the molecule is Cc1ccc(NC2=C(Cl)C(=O)N(Cc3ccc(Cl)cc3)C2=O)cc1Cl. The highest BCUT2D eigenvalue weighted by Gasteiger charge is 2.37. The fraction of sp³-hybridized carbons (Fsp3) is 0.111. The number of rotatable bonds is 4. The zero-order valence-electron chi connectivity index (χ0n) is 13.1. The number of halogens is 3. The lowest BCUT2D eigenvalue weighted by Gasteiger charge is -2.15. The quantitative estimate of drug-likeness (QED) is 0.761. The van der Waals surface area contributed by atoms with Crippen molar-refractivity contribution in [2.45, 2.75) is 13.5 Å². The molecule has 0 atom stereocenters. The third-order valence-corrected chi connectivity index (χ3v) is 4.82. The van der Waals surface area contributed by atoms with Gasteiger partial charge in [-0.15, -0.1) is 0 Å². The summed E-state index contributed by atoms with van der Waals surface area (Å²) in [6.07, 6.45) is 0. The van der Waals surface area contributed by atoms with Gasteiger partial charge in [0.2, 0.25) is 0 Å². The molecule has 0 saturated heterocycles. The van der Waals surface area contributed by atoms with E-state index >= 15 is 0 Å². The normalized spacial score (nSPS) is 14.5. The van der Waals surface area contributed by atoms with Crippen molar-refractivity contribution in [3.63, 3.8) is 0 Å². The average molecular weight is 396 g/mol. The molecule has 1 N–H and O–H groups in total. The molecule has 3 rings (SSSR count). The molecule has 2 aromatic carbocycles. The van der Waals surface area contributed by atoms with E-state index in [1.54, 1.807) is 36.4 Å². The van der Waals surface area contributed by atoms with E-state index in [1.165, 1.54) is 0 Å². The van der Waals surface area contributed by atoms with Crippen molar-refractivity contribution in [2.24, 2.45) is 0 Å². The first-order valence-corrected chi connectivity index (χ1v) is 8.54. The van der Waals surface area contributed by atoms with Crippen molar-refractivity contribution in [3.8, 4) is 0 Å². The smallest absolute Gasteiger partial charge is 0.279 e. The Morgan fingerprint density at radius 3 is 2.28 bits per heavy atom. The number of hydrogen-bond acceptors (Lipinski definition) is 3. The highest BCUT2D eigenvalue weighted by Crippen LogP contribution is 2.28. The fourth-order valence-corrected chi connectivity index (χ4v) is 2.92. The van der Waals surface area contributed by atoms with Crippen LogP contribution in [-0.2, 0) is 16.1 Å². The van der Waals surface area contributed by atoms with E-state index < -0.39 is 11.8 Å². The zero-order valence-corrected chi connectivity index (χ0v) is 15.4. The number of nitrogens with zero attached hydrogens (tertiary/aromatic N) is 1. The van der Waals surface area contributed by atoms with Crippen molar-refractivity contribution in [1.29, 1.82) is 0 Å². The summed E-state index contributed by atoms with van der Waals surface area (Å²) >= 11 is 18.0. The lowest BCUT2D eigenvalue weighted by molar-refractivity contribution is -0.138. The molecule has 128 valence electrons. The average Bonchev–Trinajstić information content (AvgIpc) is 2.78. The number of nitrogens with one attached hydrogen (secondary N) is 1. The van der Waals surface area contributed by atoms with Crippen LogP contribution in [0.1, 0.15) is 11.1 Å². The maximum atomic E-state index is 12.6. The van der Waals surface area contributed by atoms with Crippen LogP contribution < -0.4 is 5.32 Å². The summed E-state index contributed by atoms with van der Waals surface area (Å²) in [7, 11) is 0. The number of imide groups is 1. The van der Waals surface area contributed by atoms with Gasteiger partial charge in [0.1, 0.15) is 10.7 Å². The van der Waals surface area contributed by atoms with Crippen LogP contribution in [0.2, 0.25) is 10.0 Å². The van der Waals surface area contributed by atoms with Gasteiger partial charge in [0.05, 0.1) is 6.54 Å². The Bertz CT molecular complexity index is 892. The molecular formula is C18H13Cl3N2O2. The van der Waals surface area contributed by atoms with Gasteiger partial charge in [-0.25, -0.2) is 0 Å². The Morgan fingerprint density at radius 2 is 1.64 bits per heavy atom. The Kier molecular flexibility index (Phi) is 5.04. The highest BCUT2D eigenvalue weighted by molar-refractivity contribution is 6.48. The van der Waals surface area contributed by atoms with Crippen molar-refractivity contribution in [3.05, 3.63) is 74.4 Å². The first-order valence-electron chi connectivity index (χ1n) is 7.40. The van der Waals surface area contributed by atoms with Crippen molar-refractivity contribution in [1.82, 2.24) is 4.90 Å². The lowest BCUT2D eigenvalue weighted by atomic mass is 10.2. The third-order valence-electron chi connectivity index (χ3n) is 3.81. The molecule has 0 saturated carbocycles. The monoisotopic (exact) mass is 394 g/mol. The summed E-state index contributed by atoms with van der Waals surface area (Å²) in [5, 5.41) is 3.88. The molecule has 1 aliphatic rings. The Hall–Kier alpha value is -2.01. The molecule has 0 aromatic heterocycles. The molecule has 2 amide bonds. The number of carbonyl (C=O) groups excluding carboxylic acids is 2. The van der Waals surface area contributed by atoms with Crippen LogP contribution in [0.3, 0.4) is 0 Å². The second-order valence-corrected chi connectivity index (χ2v) is 6.82. The third kappa shape index (κ3) is 3.66. The Morgan fingerprint density at radius 1 is 0.960 bits per heavy atom. The molecule has 0 spiro atoms. The highest BCUT2D eigenvalue weighted by atomic mass is 35.5. The van der Waals surface area contributed by atoms with Crippen LogP contribution >= 0.6 is 34.8 Å². The largest absolute Gasteiger partial charge is 0.350 e. The summed E-state index contributed by atoms with van der Waals surface area (Å²) in [4.78, 5) is 26.0.